The molecule has 0 amide bonds. The van der Waals surface area contributed by atoms with Crippen molar-refractivity contribution in [3.05, 3.63) is 66.0 Å². The molecular weight excluding hydrogens is 269 g/mol. The normalized spacial score (nSPS) is 22.5. The molecule has 1 nitrogen and oxygen atoms in total. The van der Waals surface area contributed by atoms with Crippen molar-refractivity contribution in [1.82, 2.24) is 0 Å². The highest BCUT2D eigenvalue weighted by atomic mass is 32.2. The molecule has 3 unspecified atom stereocenters. The molecule has 0 heterocycles. The summed E-state index contributed by atoms with van der Waals surface area (Å²) in [6.45, 7) is 0. The van der Waals surface area contributed by atoms with Gasteiger partial charge in [-0.05, 0) is 42.0 Å². The van der Waals surface area contributed by atoms with E-state index in [4.69, 9.17) is 5.73 Å². The Morgan fingerprint density at radius 2 is 1.95 bits per heavy atom. The predicted molar refractivity (Wildman–Crippen MR) is 82.4 cm³/mol. The number of thioether (sulfide) groups is 1. The molecule has 104 valence electrons. The molecule has 3 atom stereocenters. The van der Waals surface area contributed by atoms with Gasteiger partial charge in [0.2, 0.25) is 0 Å². The highest BCUT2D eigenvalue weighted by Crippen LogP contribution is 2.49. The summed E-state index contributed by atoms with van der Waals surface area (Å²) in [5, 5.41) is 0. The second-order valence-electron chi connectivity index (χ2n) is 5.35. The molecule has 3 rings (SSSR count). The standard InChI is InChI=1S/C17H18FNS/c18-13-7-4-8-14(9-13)20-11-17(19)16-10-15(16)12-5-2-1-3-6-12/h1-9,15-17H,10-11,19H2. The molecule has 0 bridgehead atoms. The van der Waals surface area contributed by atoms with Crippen LogP contribution >= 0.6 is 11.8 Å². The van der Waals surface area contributed by atoms with E-state index in [1.165, 1.54) is 18.1 Å². The van der Waals surface area contributed by atoms with Gasteiger partial charge in [-0.15, -0.1) is 11.8 Å². The van der Waals surface area contributed by atoms with E-state index in [1.54, 1.807) is 23.9 Å². The molecule has 2 N–H and O–H groups in total. The molecule has 2 aromatic carbocycles. The molecule has 1 aliphatic rings. The van der Waals surface area contributed by atoms with Gasteiger partial charge in [-0.1, -0.05) is 36.4 Å². The molecule has 0 aromatic heterocycles. The number of halogens is 1. The first-order chi connectivity index (χ1) is 9.74. The lowest BCUT2D eigenvalue weighted by Crippen LogP contribution is -2.26. The maximum Gasteiger partial charge on any atom is 0.124 e. The van der Waals surface area contributed by atoms with Crippen LogP contribution in [0.3, 0.4) is 0 Å². The van der Waals surface area contributed by atoms with Gasteiger partial charge in [0.05, 0.1) is 0 Å². The van der Waals surface area contributed by atoms with E-state index in [0.29, 0.717) is 11.8 Å². The van der Waals surface area contributed by atoms with Crippen molar-refractivity contribution >= 4 is 11.8 Å². The molecule has 20 heavy (non-hydrogen) atoms. The average Bonchev–Trinajstić information content (AvgIpc) is 3.26. The topological polar surface area (TPSA) is 26.0 Å². The number of rotatable bonds is 5. The molecule has 0 radical (unpaired) electrons. The molecule has 0 spiro atoms. The van der Waals surface area contributed by atoms with E-state index in [0.717, 1.165) is 10.6 Å². The minimum absolute atomic E-state index is 0.175. The van der Waals surface area contributed by atoms with Crippen LogP contribution in [-0.2, 0) is 0 Å². The van der Waals surface area contributed by atoms with Crippen LogP contribution in [-0.4, -0.2) is 11.8 Å². The zero-order valence-corrected chi connectivity index (χ0v) is 12.0. The van der Waals surface area contributed by atoms with Gasteiger partial charge >= 0.3 is 0 Å². The molecule has 3 heteroatoms. The van der Waals surface area contributed by atoms with E-state index in [2.05, 4.69) is 24.3 Å². The maximum atomic E-state index is 13.1. The zero-order chi connectivity index (χ0) is 13.9. The van der Waals surface area contributed by atoms with Gasteiger partial charge in [-0.3, -0.25) is 0 Å². The highest BCUT2D eigenvalue weighted by molar-refractivity contribution is 7.99. The molecular formula is C17H18FNS. The van der Waals surface area contributed by atoms with Crippen LogP contribution in [0.1, 0.15) is 17.9 Å². The Bertz CT molecular complexity index is 572. The predicted octanol–water partition coefficient (Wildman–Crippen LogP) is 4.05. The Morgan fingerprint density at radius 1 is 1.15 bits per heavy atom. The SMILES string of the molecule is NC(CSc1cccc(F)c1)C1CC1c1ccccc1. The fraction of sp³-hybridized carbons (Fsp3) is 0.294. The van der Waals surface area contributed by atoms with Crippen molar-refractivity contribution in [3.8, 4) is 0 Å². The number of benzene rings is 2. The maximum absolute atomic E-state index is 13.1. The van der Waals surface area contributed by atoms with E-state index in [1.807, 2.05) is 12.1 Å². The van der Waals surface area contributed by atoms with Crippen LogP contribution in [0.15, 0.2) is 59.5 Å². The van der Waals surface area contributed by atoms with Gasteiger partial charge in [0, 0.05) is 16.7 Å². The van der Waals surface area contributed by atoms with Crippen molar-refractivity contribution in [3.63, 3.8) is 0 Å². The lowest BCUT2D eigenvalue weighted by atomic mass is 10.1. The minimum Gasteiger partial charge on any atom is -0.327 e. The molecule has 1 fully saturated rings. The fourth-order valence-electron chi connectivity index (χ4n) is 2.64. The van der Waals surface area contributed by atoms with Crippen LogP contribution in [0, 0.1) is 11.7 Å². The number of hydrogen-bond donors (Lipinski definition) is 1. The quantitative estimate of drug-likeness (QED) is 0.840. The monoisotopic (exact) mass is 287 g/mol. The van der Waals surface area contributed by atoms with Crippen LogP contribution in [0.2, 0.25) is 0 Å². The first-order valence-corrected chi connectivity index (χ1v) is 7.91. The summed E-state index contributed by atoms with van der Waals surface area (Å²) in [5.41, 5.74) is 7.67. The Morgan fingerprint density at radius 3 is 2.70 bits per heavy atom. The van der Waals surface area contributed by atoms with E-state index in [9.17, 15) is 4.39 Å². The van der Waals surface area contributed by atoms with Crippen molar-refractivity contribution in [2.75, 3.05) is 5.75 Å². The summed E-state index contributed by atoms with van der Waals surface area (Å²) in [4.78, 5) is 0.956. The summed E-state index contributed by atoms with van der Waals surface area (Å²) >= 11 is 1.64. The lowest BCUT2D eigenvalue weighted by Gasteiger charge is -2.11. The van der Waals surface area contributed by atoms with Crippen LogP contribution in [0.25, 0.3) is 0 Å². The second-order valence-corrected chi connectivity index (χ2v) is 6.44. The summed E-state index contributed by atoms with van der Waals surface area (Å²) in [7, 11) is 0. The van der Waals surface area contributed by atoms with E-state index < -0.39 is 0 Å². The molecule has 1 aliphatic carbocycles. The largest absolute Gasteiger partial charge is 0.327 e. The number of hydrogen-bond acceptors (Lipinski definition) is 2. The smallest absolute Gasteiger partial charge is 0.124 e. The molecule has 2 aromatic rings. The Hall–Kier alpha value is -1.32. The van der Waals surface area contributed by atoms with Crippen molar-refractivity contribution in [1.29, 1.82) is 0 Å². The molecule has 0 aliphatic heterocycles. The summed E-state index contributed by atoms with van der Waals surface area (Å²) < 4.78 is 13.1. The second kappa shape index (κ2) is 5.98. The van der Waals surface area contributed by atoms with Crippen molar-refractivity contribution in [2.45, 2.75) is 23.3 Å². The lowest BCUT2D eigenvalue weighted by molar-refractivity contribution is 0.623. The first-order valence-electron chi connectivity index (χ1n) is 6.93. The van der Waals surface area contributed by atoms with E-state index >= 15 is 0 Å². The Kier molecular flexibility index (Phi) is 4.08. The average molecular weight is 287 g/mol. The summed E-state index contributed by atoms with van der Waals surface area (Å²) in [6.07, 6.45) is 1.18. The van der Waals surface area contributed by atoms with Crippen molar-refractivity contribution < 1.29 is 4.39 Å². The third kappa shape index (κ3) is 3.22. The van der Waals surface area contributed by atoms with Crippen LogP contribution < -0.4 is 5.73 Å². The van der Waals surface area contributed by atoms with Crippen LogP contribution in [0.4, 0.5) is 4.39 Å². The third-order valence-electron chi connectivity index (χ3n) is 3.86. The Labute approximate surface area is 123 Å². The number of nitrogens with two attached hydrogens (primary N) is 1. The summed E-state index contributed by atoms with van der Waals surface area (Å²) in [6, 6.07) is 17.4. The molecule has 1 saturated carbocycles. The third-order valence-corrected chi connectivity index (χ3v) is 4.99. The molecule has 0 saturated heterocycles. The zero-order valence-electron chi connectivity index (χ0n) is 11.2. The van der Waals surface area contributed by atoms with Gasteiger partial charge in [-0.2, -0.15) is 0 Å². The van der Waals surface area contributed by atoms with Gasteiger partial charge in [0.1, 0.15) is 5.82 Å². The minimum atomic E-state index is -0.183. The van der Waals surface area contributed by atoms with Gasteiger partial charge in [-0.25, -0.2) is 4.39 Å². The van der Waals surface area contributed by atoms with E-state index in [-0.39, 0.29) is 11.9 Å². The fourth-order valence-corrected chi connectivity index (χ4v) is 3.65. The van der Waals surface area contributed by atoms with Crippen LogP contribution in [0.5, 0.6) is 0 Å². The first kappa shape index (κ1) is 13.7. The highest BCUT2D eigenvalue weighted by Gasteiger charge is 2.42. The van der Waals surface area contributed by atoms with Gasteiger partial charge in [0.15, 0.2) is 0 Å². The Balaban J connectivity index is 1.53. The van der Waals surface area contributed by atoms with Gasteiger partial charge in [0.25, 0.3) is 0 Å². The summed E-state index contributed by atoms with van der Waals surface area (Å²) in [5.74, 6) is 1.84. The van der Waals surface area contributed by atoms with Crippen molar-refractivity contribution in [2.24, 2.45) is 11.7 Å². The van der Waals surface area contributed by atoms with Gasteiger partial charge < -0.3 is 5.73 Å².